The van der Waals surface area contributed by atoms with Gasteiger partial charge in [0.2, 0.25) is 6.43 Å². The number of halogens is 2. The highest BCUT2D eigenvalue weighted by Gasteiger charge is 2.42. The summed E-state index contributed by atoms with van der Waals surface area (Å²) in [4.78, 5) is 0. The lowest BCUT2D eigenvalue weighted by Gasteiger charge is -2.26. The minimum Gasteiger partial charge on any atom is -0.330 e. The van der Waals surface area contributed by atoms with Crippen molar-refractivity contribution in [3.05, 3.63) is 12.2 Å². The largest absolute Gasteiger partial charge is 0.330 e. The number of hydrogen-bond acceptors (Lipinski definition) is 1. The molecule has 0 aromatic carbocycles. The molecule has 4 atom stereocenters. The van der Waals surface area contributed by atoms with Crippen LogP contribution in [0.2, 0.25) is 0 Å². The summed E-state index contributed by atoms with van der Waals surface area (Å²) in [5.41, 5.74) is 5.38. The van der Waals surface area contributed by atoms with Gasteiger partial charge in [0.15, 0.2) is 0 Å². The Morgan fingerprint density at radius 3 is 2.46 bits per heavy atom. The second-order valence-corrected chi connectivity index (χ2v) is 4.18. The molecule has 1 fully saturated rings. The van der Waals surface area contributed by atoms with Crippen molar-refractivity contribution < 1.29 is 8.78 Å². The summed E-state index contributed by atoms with van der Waals surface area (Å²) < 4.78 is 25.1. The Hall–Kier alpha value is -0.440. The fourth-order valence-corrected chi connectivity index (χ4v) is 2.78. The van der Waals surface area contributed by atoms with Crippen LogP contribution in [0.25, 0.3) is 0 Å². The van der Waals surface area contributed by atoms with E-state index in [9.17, 15) is 8.78 Å². The van der Waals surface area contributed by atoms with Crippen LogP contribution in [0.15, 0.2) is 12.2 Å². The highest BCUT2D eigenvalue weighted by molar-refractivity contribution is 5.11. The smallest absolute Gasteiger partial charge is 0.242 e. The Labute approximate surface area is 77.0 Å². The molecule has 74 valence electrons. The highest BCUT2D eigenvalue weighted by Crippen LogP contribution is 2.47. The molecule has 0 aromatic heterocycles. The van der Waals surface area contributed by atoms with Crippen molar-refractivity contribution in [1.82, 2.24) is 0 Å². The molecule has 2 aliphatic carbocycles. The van der Waals surface area contributed by atoms with E-state index in [-0.39, 0.29) is 12.5 Å². The van der Waals surface area contributed by atoms with E-state index < -0.39 is 12.3 Å². The molecule has 0 radical (unpaired) electrons. The predicted octanol–water partition coefficient (Wildman–Crippen LogP) is 2.04. The van der Waals surface area contributed by atoms with Crippen molar-refractivity contribution in [3.8, 4) is 0 Å². The van der Waals surface area contributed by atoms with Crippen molar-refractivity contribution in [2.45, 2.75) is 19.3 Å². The molecular weight excluding hydrogens is 172 g/mol. The predicted molar refractivity (Wildman–Crippen MR) is 47.4 cm³/mol. The first-order valence-electron chi connectivity index (χ1n) is 4.89. The summed E-state index contributed by atoms with van der Waals surface area (Å²) in [7, 11) is 0. The lowest BCUT2D eigenvalue weighted by atomic mass is 9.82. The van der Waals surface area contributed by atoms with E-state index in [4.69, 9.17) is 5.73 Å². The van der Waals surface area contributed by atoms with Crippen LogP contribution < -0.4 is 5.73 Å². The molecular formula is C10H15F2N. The molecule has 2 aliphatic rings. The van der Waals surface area contributed by atoms with Crippen LogP contribution in [0, 0.1) is 23.7 Å². The molecule has 4 unspecified atom stereocenters. The standard InChI is InChI=1S/C10H15F2N/c11-10(12)9(5-13)8-4-6-1-2-7(8)3-6/h1-2,6-10H,3-5,13H2. The lowest BCUT2D eigenvalue weighted by Crippen LogP contribution is -2.31. The Kier molecular flexibility index (Phi) is 2.37. The van der Waals surface area contributed by atoms with E-state index in [0.29, 0.717) is 11.8 Å². The van der Waals surface area contributed by atoms with E-state index in [1.54, 1.807) is 0 Å². The molecule has 0 aliphatic heterocycles. The molecule has 13 heavy (non-hydrogen) atoms. The van der Waals surface area contributed by atoms with Gasteiger partial charge in [-0.15, -0.1) is 0 Å². The van der Waals surface area contributed by atoms with Crippen LogP contribution in [0.3, 0.4) is 0 Å². The first-order chi connectivity index (χ1) is 6.22. The summed E-state index contributed by atoms with van der Waals surface area (Å²) in [5, 5.41) is 0. The van der Waals surface area contributed by atoms with Crippen LogP contribution in [0.4, 0.5) is 8.78 Å². The van der Waals surface area contributed by atoms with Gasteiger partial charge in [-0.25, -0.2) is 8.78 Å². The molecule has 1 nitrogen and oxygen atoms in total. The summed E-state index contributed by atoms with van der Waals surface area (Å²) in [6.45, 7) is 0.124. The molecule has 0 saturated heterocycles. The first-order valence-corrected chi connectivity index (χ1v) is 4.89. The SMILES string of the molecule is NCC(C(F)F)C1CC2C=CC1C2. The van der Waals surface area contributed by atoms with Gasteiger partial charge in [-0.1, -0.05) is 12.2 Å². The zero-order valence-electron chi connectivity index (χ0n) is 7.50. The van der Waals surface area contributed by atoms with Crippen LogP contribution in [-0.2, 0) is 0 Å². The van der Waals surface area contributed by atoms with Gasteiger partial charge in [-0.3, -0.25) is 0 Å². The number of alkyl halides is 2. The van der Waals surface area contributed by atoms with Gasteiger partial charge < -0.3 is 5.73 Å². The maximum atomic E-state index is 12.6. The summed E-state index contributed by atoms with van der Waals surface area (Å²) in [6.07, 6.45) is 4.02. The van der Waals surface area contributed by atoms with E-state index in [1.165, 1.54) is 0 Å². The molecule has 0 aromatic rings. The fraction of sp³-hybridized carbons (Fsp3) is 0.800. The van der Waals surface area contributed by atoms with E-state index >= 15 is 0 Å². The first kappa shape index (κ1) is 9.13. The minimum atomic E-state index is -2.25. The maximum Gasteiger partial charge on any atom is 0.242 e. The van der Waals surface area contributed by atoms with Crippen LogP contribution in [0.1, 0.15) is 12.8 Å². The van der Waals surface area contributed by atoms with Crippen molar-refractivity contribution in [2.75, 3.05) is 6.54 Å². The van der Waals surface area contributed by atoms with Gasteiger partial charge in [0, 0.05) is 12.5 Å². The van der Waals surface area contributed by atoms with E-state index in [1.807, 2.05) is 0 Å². The zero-order chi connectivity index (χ0) is 9.42. The molecule has 0 spiro atoms. The zero-order valence-corrected chi connectivity index (χ0v) is 7.50. The molecule has 2 N–H and O–H groups in total. The number of hydrogen-bond donors (Lipinski definition) is 1. The number of rotatable bonds is 3. The van der Waals surface area contributed by atoms with Crippen molar-refractivity contribution in [3.63, 3.8) is 0 Å². The monoisotopic (exact) mass is 187 g/mol. The molecule has 0 heterocycles. The quantitative estimate of drug-likeness (QED) is 0.672. The molecule has 3 heteroatoms. The molecule has 1 saturated carbocycles. The van der Waals surface area contributed by atoms with Gasteiger partial charge in [-0.05, 0) is 30.6 Å². The van der Waals surface area contributed by atoms with Crippen LogP contribution in [-0.4, -0.2) is 13.0 Å². The third kappa shape index (κ3) is 1.50. The van der Waals surface area contributed by atoms with Gasteiger partial charge in [0.1, 0.15) is 0 Å². The Bertz CT molecular complexity index is 215. The molecule has 2 bridgehead atoms. The number of nitrogens with two attached hydrogens (primary N) is 1. The topological polar surface area (TPSA) is 26.0 Å². The van der Waals surface area contributed by atoms with Crippen LogP contribution in [0.5, 0.6) is 0 Å². The third-order valence-corrected chi connectivity index (χ3v) is 3.48. The third-order valence-electron chi connectivity index (χ3n) is 3.48. The fourth-order valence-electron chi connectivity index (χ4n) is 2.78. The summed E-state index contributed by atoms with van der Waals surface area (Å²) >= 11 is 0. The van der Waals surface area contributed by atoms with Gasteiger partial charge in [-0.2, -0.15) is 0 Å². The van der Waals surface area contributed by atoms with E-state index in [2.05, 4.69) is 12.2 Å². The van der Waals surface area contributed by atoms with Gasteiger partial charge in [0.25, 0.3) is 0 Å². The average molecular weight is 187 g/mol. The average Bonchev–Trinajstić information content (AvgIpc) is 2.65. The normalized spacial score (nSPS) is 38.9. The van der Waals surface area contributed by atoms with Crippen molar-refractivity contribution >= 4 is 0 Å². The number of fused-ring (bicyclic) bond motifs is 2. The maximum absolute atomic E-state index is 12.6. The molecule has 0 amide bonds. The Morgan fingerprint density at radius 1 is 1.31 bits per heavy atom. The van der Waals surface area contributed by atoms with Gasteiger partial charge in [0.05, 0.1) is 0 Å². The highest BCUT2D eigenvalue weighted by atomic mass is 19.3. The Balaban J connectivity index is 2.04. The van der Waals surface area contributed by atoms with Crippen LogP contribution >= 0.6 is 0 Å². The van der Waals surface area contributed by atoms with E-state index in [0.717, 1.165) is 12.8 Å². The number of allylic oxidation sites excluding steroid dienone is 2. The summed E-state index contributed by atoms with van der Waals surface area (Å²) in [6, 6.07) is 0. The Morgan fingerprint density at radius 2 is 2.08 bits per heavy atom. The molecule has 2 rings (SSSR count). The summed E-state index contributed by atoms with van der Waals surface area (Å²) in [5.74, 6) is 0.496. The second-order valence-electron chi connectivity index (χ2n) is 4.18. The van der Waals surface area contributed by atoms with Crippen molar-refractivity contribution in [2.24, 2.45) is 29.4 Å². The minimum absolute atomic E-state index is 0.124. The van der Waals surface area contributed by atoms with Gasteiger partial charge >= 0.3 is 0 Å². The lowest BCUT2D eigenvalue weighted by molar-refractivity contribution is 0.0404. The second kappa shape index (κ2) is 3.37. The van der Waals surface area contributed by atoms with Crippen molar-refractivity contribution in [1.29, 1.82) is 0 Å².